The largest absolute Gasteiger partial charge is 0.493 e. The number of hydrogen-bond donors (Lipinski definition) is 0. The van der Waals surface area contributed by atoms with Crippen molar-refractivity contribution in [3.05, 3.63) is 89.0 Å². The van der Waals surface area contributed by atoms with E-state index in [0.29, 0.717) is 12.4 Å². The fraction of sp³-hybridized carbons (Fsp3) is 0.296. The van der Waals surface area contributed by atoms with Gasteiger partial charge in [0.2, 0.25) is 0 Å². The number of likely N-dealkylation sites (N-methyl/N-ethyl adjacent to an activating group) is 1. The van der Waals surface area contributed by atoms with Crippen molar-refractivity contribution in [2.45, 2.75) is 32.4 Å². The molecule has 0 amide bonds. The summed E-state index contributed by atoms with van der Waals surface area (Å²) in [4.78, 5) is 13.6. The Bertz CT molecular complexity index is 1060. The molecule has 0 aromatic heterocycles. The summed E-state index contributed by atoms with van der Waals surface area (Å²) in [6.45, 7) is 2.89. The second-order valence-electron chi connectivity index (χ2n) is 8.16. The number of esters is 1. The zero-order valence-electron chi connectivity index (χ0n) is 18.8. The Kier molecular flexibility index (Phi) is 6.76. The molecule has 1 aliphatic heterocycles. The van der Waals surface area contributed by atoms with Crippen LogP contribution in [0.2, 0.25) is 0 Å². The van der Waals surface area contributed by atoms with Crippen LogP contribution in [-0.4, -0.2) is 31.6 Å². The Morgan fingerprint density at radius 2 is 1.75 bits per heavy atom. The molecule has 3 aromatic rings. The summed E-state index contributed by atoms with van der Waals surface area (Å²) in [6, 6.07) is 22.4. The van der Waals surface area contributed by atoms with Gasteiger partial charge in [0, 0.05) is 19.5 Å². The van der Waals surface area contributed by atoms with Crippen LogP contribution >= 0.6 is 0 Å². The van der Waals surface area contributed by atoms with Crippen LogP contribution in [0.25, 0.3) is 0 Å². The Morgan fingerprint density at radius 1 is 1.00 bits per heavy atom. The van der Waals surface area contributed by atoms with E-state index in [1.807, 2.05) is 42.5 Å². The number of carbonyl (C=O) groups excluding carboxylic acids is 1. The highest BCUT2D eigenvalue weighted by Gasteiger charge is 2.27. The Hall–Kier alpha value is -3.31. The fourth-order valence-electron chi connectivity index (χ4n) is 4.19. The smallest absolute Gasteiger partial charge is 0.308 e. The van der Waals surface area contributed by atoms with Gasteiger partial charge in [-0.15, -0.1) is 0 Å². The highest BCUT2D eigenvalue weighted by molar-refractivity contribution is 5.69. The van der Waals surface area contributed by atoms with Crippen LogP contribution in [0.4, 0.5) is 0 Å². The molecule has 5 nitrogen and oxygen atoms in total. The first-order chi connectivity index (χ1) is 15.5. The number of fused-ring (bicyclic) bond motifs is 1. The summed E-state index contributed by atoms with van der Waals surface area (Å²) in [5.41, 5.74) is 4.88. The van der Waals surface area contributed by atoms with Gasteiger partial charge in [-0.25, -0.2) is 0 Å². The molecule has 0 bridgehead atoms. The van der Waals surface area contributed by atoms with E-state index in [0.717, 1.165) is 36.4 Å². The SMILES string of the molecule is COc1cc2c(cc1OCc1ccccc1)C(Cc1ccc(OC(C)=O)cc1)N(C)CC2. The lowest BCUT2D eigenvalue weighted by Gasteiger charge is -2.35. The molecule has 0 fully saturated rings. The molecule has 0 aliphatic carbocycles. The van der Waals surface area contributed by atoms with E-state index in [1.54, 1.807) is 7.11 Å². The normalized spacial score (nSPS) is 15.7. The van der Waals surface area contributed by atoms with Crippen LogP contribution in [0, 0.1) is 0 Å². The monoisotopic (exact) mass is 431 g/mol. The summed E-state index contributed by atoms with van der Waals surface area (Å²) in [7, 11) is 3.85. The van der Waals surface area contributed by atoms with Gasteiger partial charge in [-0.2, -0.15) is 0 Å². The molecule has 1 heterocycles. The van der Waals surface area contributed by atoms with Crippen molar-refractivity contribution in [3.63, 3.8) is 0 Å². The number of benzene rings is 3. The first kappa shape index (κ1) is 21.9. The van der Waals surface area contributed by atoms with Crippen molar-refractivity contribution < 1.29 is 19.0 Å². The molecule has 0 saturated carbocycles. The van der Waals surface area contributed by atoms with E-state index >= 15 is 0 Å². The molecule has 1 aliphatic rings. The van der Waals surface area contributed by atoms with Crippen LogP contribution in [0.3, 0.4) is 0 Å². The van der Waals surface area contributed by atoms with E-state index in [4.69, 9.17) is 14.2 Å². The standard InChI is InChI=1S/C27H29NO4/c1-19(29)32-23-11-9-20(10-12-23)15-25-24-17-27(31-18-21-7-5-4-6-8-21)26(30-3)16-22(24)13-14-28(25)2/h4-12,16-17,25H,13-15,18H2,1-3H3. The minimum atomic E-state index is -0.310. The van der Waals surface area contributed by atoms with Gasteiger partial charge in [0.25, 0.3) is 0 Å². The molecule has 5 heteroatoms. The average Bonchev–Trinajstić information content (AvgIpc) is 2.80. The first-order valence-corrected chi connectivity index (χ1v) is 10.9. The third-order valence-electron chi connectivity index (χ3n) is 5.90. The van der Waals surface area contributed by atoms with Crippen molar-refractivity contribution in [2.24, 2.45) is 0 Å². The number of ether oxygens (including phenoxy) is 3. The second kappa shape index (κ2) is 9.88. The van der Waals surface area contributed by atoms with Crippen LogP contribution in [0.15, 0.2) is 66.7 Å². The molecule has 0 N–H and O–H groups in total. The van der Waals surface area contributed by atoms with Gasteiger partial charge in [-0.1, -0.05) is 42.5 Å². The fourth-order valence-corrected chi connectivity index (χ4v) is 4.19. The van der Waals surface area contributed by atoms with Crippen LogP contribution in [0.1, 0.15) is 35.2 Å². The Morgan fingerprint density at radius 3 is 2.44 bits per heavy atom. The number of hydrogen-bond acceptors (Lipinski definition) is 5. The molecule has 0 saturated heterocycles. The van der Waals surface area contributed by atoms with Gasteiger partial charge < -0.3 is 14.2 Å². The quantitative estimate of drug-likeness (QED) is 0.390. The molecule has 4 rings (SSSR count). The second-order valence-corrected chi connectivity index (χ2v) is 8.16. The molecular weight excluding hydrogens is 402 g/mol. The van der Waals surface area contributed by atoms with Gasteiger partial charge in [-0.05, 0) is 66.4 Å². The van der Waals surface area contributed by atoms with E-state index in [2.05, 4.69) is 36.2 Å². The van der Waals surface area contributed by atoms with E-state index < -0.39 is 0 Å². The lowest BCUT2D eigenvalue weighted by Crippen LogP contribution is -2.33. The maximum Gasteiger partial charge on any atom is 0.308 e. The number of rotatable bonds is 7. The maximum atomic E-state index is 11.2. The van der Waals surface area contributed by atoms with E-state index in [1.165, 1.54) is 23.6 Å². The lowest BCUT2D eigenvalue weighted by atomic mass is 9.88. The number of carbonyl (C=O) groups is 1. The zero-order valence-corrected chi connectivity index (χ0v) is 18.8. The van der Waals surface area contributed by atoms with Crippen LogP contribution < -0.4 is 14.2 Å². The minimum absolute atomic E-state index is 0.225. The Balaban J connectivity index is 1.58. The lowest BCUT2D eigenvalue weighted by molar-refractivity contribution is -0.131. The van der Waals surface area contributed by atoms with Gasteiger partial charge in [0.05, 0.1) is 7.11 Å². The van der Waals surface area contributed by atoms with Gasteiger partial charge in [-0.3, -0.25) is 9.69 Å². The minimum Gasteiger partial charge on any atom is -0.493 e. The van der Waals surface area contributed by atoms with Gasteiger partial charge in [0.15, 0.2) is 11.5 Å². The molecule has 3 aromatic carbocycles. The molecule has 166 valence electrons. The molecule has 32 heavy (non-hydrogen) atoms. The highest BCUT2D eigenvalue weighted by atomic mass is 16.5. The molecule has 1 unspecified atom stereocenters. The summed E-state index contributed by atoms with van der Waals surface area (Å²) in [5.74, 6) is 1.80. The maximum absolute atomic E-state index is 11.2. The highest BCUT2D eigenvalue weighted by Crippen LogP contribution is 2.39. The zero-order chi connectivity index (χ0) is 22.5. The molecule has 0 spiro atoms. The Labute approximate surface area is 189 Å². The third-order valence-corrected chi connectivity index (χ3v) is 5.90. The summed E-state index contributed by atoms with van der Waals surface area (Å²) >= 11 is 0. The predicted molar refractivity (Wildman–Crippen MR) is 124 cm³/mol. The van der Waals surface area contributed by atoms with Crippen molar-refractivity contribution in [2.75, 3.05) is 20.7 Å². The van der Waals surface area contributed by atoms with Crippen LogP contribution in [-0.2, 0) is 24.2 Å². The van der Waals surface area contributed by atoms with Gasteiger partial charge >= 0.3 is 5.97 Å². The molecular formula is C27H29NO4. The number of methoxy groups -OCH3 is 1. The van der Waals surface area contributed by atoms with Gasteiger partial charge in [0.1, 0.15) is 12.4 Å². The summed E-state index contributed by atoms with van der Waals surface area (Å²) in [5, 5.41) is 0. The summed E-state index contributed by atoms with van der Waals surface area (Å²) in [6.07, 6.45) is 1.83. The van der Waals surface area contributed by atoms with Crippen molar-refractivity contribution in [3.8, 4) is 17.2 Å². The van der Waals surface area contributed by atoms with Crippen LogP contribution in [0.5, 0.6) is 17.2 Å². The van der Waals surface area contributed by atoms with Crippen molar-refractivity contribution in [1.29, 1.82) is 0 Å². The topological polar surface area (TPSA) is 48.0 Å². The molecule has 0 radical (unpaired) electrons. The predicted octanol–water partition coefficient (Wildman–Crippen LogP) is 4.97. The summed E-state index contributed by atoms with van der Waals surface area (Å²) < 4.78 is 17.0. The number of nitrogens with zero attached hydrogens (tertiary/aromatic N) is 1. The first-order valence-electron chi connectivity index (χ1n) is 10.9. The van der Waals surface area contributed by atoms with E-state index in [-0.39, 0.29) is 12.0 Å². The van der Waals surface area contributed by atoms with Crippen molar-refractivity contribution in [1.82, 2.24) is 4.90 Å². The third kappa shape index (κ3) is 5.11. The molecule has 1 atom stereocenters. The van der Waals surface area contributed by atoms with Crippen molar-refractivity contribution >= 4 is 5.97 Å². The average molecular weight is 432 g/mol. The van der Waals surface area contributed by atoms with E-state index in [9.17, 15) is 4.79 Å².